The maximum absolute atomic E-state index is 13.2. The van der Waals surface area contributed by atoms with E-state index in [1.54, 1.807) is 35.6 Å². The molecule has 0 fully saturated rings. The van der Waals surface area contributed by atoms with Gasteiger partial charge in [0, 0.05) is 36.1 Å². The molecule has 6 heteroatoms. The normalized spacial score (nSPS) is 11.2. The van der Waals surface area contributed by atoms with Gasteiger partial charge in [-0.15, -0.1) is 6.58 Å². The molecule has 1 unspecified atom stereocenters. The minimum Gasteiger partial charge on any atom is -0.344 e. The third kappa shape index (κ3) is 7.60. The molecular formula is C29H36N4O2. The van der Waals surface area contributed by atoms with Crippen LogP contribution in [0.25, 0.3) is 11.1 Å². The van der Waals surface area contributed by atoms with E-state index in [1.807, 2.05) is 77.9 Å². The summed E-state index contributed by atoms with van der Waals surface area (Å²) in [6.45, 7) is 15.4. The first-order valence-corrected chi connectivity index (χ1v) is 11.9. The van der Waals surface area contributed by atoms with E-state index >= 15 is 0 Å². The van der Waals surface area contributed by atoms with Crippen LogP contribution in [0.15, 0.2) is 73.7 Å². The third-order valence-electron chi connectivity index (χ3n) is 5.33. The zero-order valence-corrected chi connectivity index (χ0v) is 21.6. The van der Waals surface area contributed by atoms with Crippen LogP contribution in [0, 0.1) is 12.8 Å². The van der Waals surface area contributed by atoms with Gasteiger partial charge in [-0.05, 0) is 57.0 Å². The lowest BCUT2D eigenvalue weighted by atomic mass is 9.99. The standard InChI is InChI=1S/C26H30N4O2.C3H6/c1-6-30(26(32)17(2)3)23-14-21(20-9-7-18(4)8-10-20)13-22(15-23)25(31)29-19(5)24-16-27-11-12-28-24;1-3-2/h7-17,19H,6H2,1-5H3,(H,29,31);3H,1H2,2H3. The van der Waals surface area contributed by atoms with Crippen molar-refractivity contribution in [3.8, 4) is 11.1 Å². The van der Waals surface area contributed by atoms with Gasteiger partial charge in [-0.3, -0.25) is 19.6 Å². The number of allylic oxidation sites excluding steroid dienone is 1. The number of amides is 2. The van der Waals surface area contributed by atoms with E-state index in [-0.39, 0.29) is 23.8 Å². The predicted molar refractivity (Wildman–Crippen MR) is 143 cm³/mol. The number of carbonyl (C=O) groups excluding carboxylic acids is 2. The summed E-state index contributed by atoms with van der Waals surface area (Å²) >= 11 is 0. The van der Waals surface area contributed by atoms with Gasteiger partial charge < -0.3 is 10.2 Å². The minimum absolute atomic E-state index is 0.0212. The van der Waals surface area contributed by atoms with Crippen LogP contribution in [0.5, 0.6) is 0 Å². The number of hydrogen-bond acceptors (Lipinski definition) is 4. The second-order valence-electron chi connectivity index (χ2n) is 8.61. The molecule has 0 saturated carbocycles. The molecule has 2 aromatic carbocycles. The van der Waals surface area contributed by atoms with Gasteiger partial charge in [-0.25, -0.2) is 0 Å². The minimum atomic E-state index is -0.303. The number of carbonyl (C=O) groups is 2. The van der Waals surface area contributed by atoms with Crippen molar-refractivity contribution in [1.82, 2.24) is 15.3 Å². The first kappa shape index (κ1) is 27.4. The molecule has 0 aliphatic carbocycles. The maximum atomic E-state index is 13.2. The number of nitrogens with zero attached hydrogens (tertiary/aromatic N) is 3. The van der Waals surface area contributed by atoms with Crippen LogP contribution >= 0.6 is 0 Å². The molecule has 0 saturated heterocycles. The molecule has 0 spiro atoms. The Hall–Kier alpha value is -3.80. The van der Waals surface area contributed by atoms with E-state index < -0.39 is 0 Å². The summed E-state index contributed by atoms with van der Waals surface area (Å²) in [5, 5.41) is 2.99. The summed E-state index contributed by atoms with van der Waals surface area (Å²) in [7, 11) is 0. The Morgan fingerprint density at radius 2 is 1.71 bits per heavy atom. The highest BCUT2D eigenvalue weighted by molar-refractivity contribution is 6.00. The fourth-order valence-corrected chi connectivity index (χ4v) is 3.48. The summed E-state index contributed by atoms with van der Waals surface area (Å²) in [5.74, 6) is -0.355. The number of nitrogens with one attached hydrogen (secondary N) is 1. The largest absolute Gasteiger partial charge is 0.344 e. The van der Waals surface area contributed by atoms with Crippen LogP contribution in [-0.2, 0) is 4.79 Å². The molecule has 0 aliphatic rings. The van der Waals surface area contributed by atoms with Crippen molar-refractivity contribution in [2.45, 2.75) is 47.6 Å². The van der Waals surface area contributed by atoms with Crippen LogP contribution < -0.4 is 10.2 Å². The van der Waals surface area contributed by atoms with Crippen molar-refractivity contribution in [2.75, 3.05) is 11.4 Å². The Morgan fingerprint density at radius 1 is 1.06 bits per heavy atom. The van der Waals surface area contributed by atoms with Gasteiger partial charge >= 0.3 is 0 Å². The summed E-state index contributed by atoms with van der Waals surface area (Å²) in [6.07, 6.45) is 6.59. The van der Waals surface area contributed by atoms with Crippen LogP contribution in [0.4, 0.5) is 5.69 Å². The Balaban J connectivity index is 0.00000137. The third-order valence-corrected chi connectivity index (χ3v) is 5.33. The molecule has 3 aromatic rings. The summed E-state index contributed by atoms with van der Waals surface area (Å²) in [4.78, 5) is 36.1. The molecule has 2 amide bonds. The van der Waals surface area contributed by atoms with Crippen molar-refractivity contribution in [1.29, 1.82) is 0 Å². The van der Waals surface area contributed by atoms with E-state index in [0.717, 1.165) is 16.7 Å². The van der Waals surface area contributed by atoms with Crippen molar-refractivity contribution in [2.24, 2.45) is 5.92 Å². The number of hydrogen-bond donors (Lipinski definition) is 1. The maximum Gasteiger partial charge on any atom is 0.251 e. The zero-order chi connectivity index (χ0) is 26.0. The fraction of sp³-hybridized carbons (Fsp3) is 0.310. The lowest BCUT2D eigenvalue weighted by Gasteiger charge is -2.25. The van der Waals surface area contributed by atoms with Crippen LogP contribution in [-0.4, -0.2) is 28.3 Å². The van der Waals surface area contributed by atoms with E-state index in [9.17, 15) is 9.59 Å². The van der Waals surface area contributed by atoms with Gasteiger partial charge in [-0.1, -0.05) is 49.8 Å². The van der Waals surface area contributed by atoms with Gasteiger partial charge in [0.05, 0.1) is 17.9 Å². The topological polar surface area (TPSA) is 75.2 Å². The monoisotopic (exact) mass is 472 g/mol. The SMILES string of the molecule is C=CC.CCN(C(=O)C(C)C)c1cc(C(=O)NC(C)c2cnccn2)cc(-c2ccc(C)cc2)c1. The summed E-state index contributed by atoms with van der Waals surface area (Å²) < 4.78 is 0. The Labute approximate surface area is 209 Å². The smallest absolute Gasteiger partial charge is 0.251 e. The first-order valence-electron chi connectivity index (χ1n) is 11.9. The van der Waals surface area contributed by atoms with Crippen LogP contribution in [0.1, 0.15) is 62.3 Å². The second kappa shape index (κ2) is 13.2. The van der Waals surface area contributed by atoms with Crippen molar-refractivity contribution in [3.05, 3.63) is 90.5 Å². The van der Waals surface area contributed by atoms with Crippen molar-refractivity contribution >= 4 is 17.5 Å². The molecular weight excluding hydrogens is 436 g/mol. The van der Waals surface area contributed by atoms with E-state index in [1.165, 1.54) is 0 Å². The van der Waals surface area contributed by atoms with E-state index in [2.05, 4.69) is 21.9 Å². The fourth-order valence-electron chi connectivity index (χ4n) is 3.48. The molecule has 0 aliphatic heterocycles. The Bertz CT molecular complexity index is 1130. The summed E-state index contributed by atoms with van der Waals surface area (Å²) in [5.41, 5.74) is 4.91. The first-order chi connectivity index (χ1) is 16.7. The van der Waals surface area contributed by atoms with Gasteiger partial charge in [0.1, 0.15) is 0 Å². The van der Waals surface area contributed by atoms with Crippen LogP contribution in [0.2, 0.25) is 0 Å². The predicted octanol–water partition coefficient (Wildman–Crippen LogP) is 6.14. The van der Waals surface area contributed by atoms with E-state index in [0.29, 0.717) is 23.5 Å². The molecule has 1 N–H and O–H groups in total. The molecule has 1 aromatic heterocycles. The number of aromatic nitrogens is 2. The highest BCUT2D eigenvalue weighted by Crippen LogP contribution is 2.28. The number of anilines is 1. The quantitative estimate of drug-likeness (QED) is 0.419. The van der Waals surface area contributed by atoms with E-state index in [4.69, 9.17) is 0 Å². The van der Waals surface area contributed by atoms with Crippen LogP contribution in [0.3, 0.4) is 0 Å². The van der Waals surface area contributed by atoms with Gasteiger partial charge in [0.25, 0.3) is 5.91 Å². The van der Waals surface area contributed by atoms with Gasteiger partial charge in [0.15, 0.2) is 0 Å². The molecule has 0 bridgehead atoms. The lowest BCUT2D eigenvalue weighted by Crippen LogP contribution is -2.34. The zero-order valence-electron chi connectivity index (χ0n) is 21.6. The Kier molecular flexibility index (Phi) is 10.3. The Morgan fingerprint density at radius 3 is 2.26 bits per heavy atom. The van der Waals surface area contributed by atoms with Crippen molar-refractivity contribution < 1.29 is 9.59 Å². The van der Waals surface area contributed by atoms with Gasteiger partial charge in [-0.2, -0.15) is 0 Å². The highest BCUT2D eigenvalue weighted by atomic mass is 16.2. The molecule has 35 heavy (non-hydrogen) atoms. The molecule has 6 nitrogen and oxygen atoms in total. The number of benzene rings is 2. The molecule has 0 radical (unpaired) electrons. The molecule has 1 atom stereocenters. The lowest BCUT2D eigenvalue weighted by molar-refractivity contribution is -0.121. The summed E-state index contributed by atoms with van der Waals surface area (Å²) in [6, 6.07) is 13.4. The number of aryl methyl sites for hydroxylation is 1. The second-order valence-corrected chi connectivity index (χ2v) is 8.61. The van der Waals surface area contributed by atoms with Gasteiger partial charge in [0.2, 0.25) is 5.91 Å². The highest BCUT2D eigenvalue weighted by Gasteiger charge is 2.21. The van der Waals surface area contributed by atoms with Crippen molar-refractivity contribution in [3.63, 3.8) is 0 Å². The average Bonchev–Trinajstić information content (AvgIpc) is 2.85. The molecule has 184 valence electrons. The molecule has 3 rings (SSSR count). The number of rotatable bonds is 7. The molecule has 1 heterocycles. The average molecular weight is 473 g/mol.